The molecule has 37 heavy (non-hydrogen) atoms. The zero-order valence-corrected chi connectivity index (χ0v) is 25.9. The minimum Gasteiger partial charge on any atom is -0.546 e. The highest BCUT2D eigenvalue weighted by Gasteiger charge is 2.41. The first-order valence-electron chi connectivity index (χ1n) is 13.0. The highest BCUT2D eigenvalue weighted by atomic mass is 32.2. The Bertz CT molecular complexity index is 1100. The van der Waals surface area contributed by atoms with Crippen molar-refractivity contribution in [3.63, 3.8) is 0 Å². The van der Waals surface area contributed by atoms with Crippen LogP contribution < -0.4 is 0 Å². The van der Waals surface area contributed by atoms with E-state index in [1.807, 2.05) is 43.3 Å². The summed E-state index contributed by atoms with van der Waals surface area (Å²) in [6.07, 6.45) is 1.87. The summed E-state index contributed by atoms with van der Waals surface area (Å²) in [6.45, 7) is 20.0. The van der Waals surface area contributed by atoms with Crippen LogP contribution in [0.2, 0.25) is 18.1 Å². The molecule has 0 bridgehead atoms. The van der Waals surface area contributed by atoms with E-state index < -0.39 is 23.6 Å². The molecule has 2 unspecified atom stereocenters. The third-order valence-electron chi connectivity index (χ3n) is 6.78. The number of allylic oxidation sites excluding steroid dienone is 1. The van der Waals surface area contributed by atoms with E-state index in [1.54, 1.807) is 30.3 Å². The maximum Gasteiger partial charge on any atom is 0.250 e. The maximum atomic E-state index is 13.4. The lowest BCUT2D eigenvalue weighted by Crippen LogP contribution is -2.42. The van der Waals surface area contributed by atoms with Crippen LogP contribution in [0.15, 0.2) is 77.4 Å². The first kappa shape index (κ1) is 31.3. The van der Waals surface area contributed by atoms with Crippen LogP contribution in [-0.2, 0) is 30.3 Å². The van der Waals surface area contributed by atoms with Crippen LogP contribution in [0, 0.1) is 5.41 Å². The molecule has 0 saturated heterocycles. The molecular formula is C30H46O5SSi. The predicted octanol–water partition coefficient (Wildman–Crippen LogP) is 7.75. The number of hydrogen-bond donors (Lipinski definition) is 0. The van der Waals surface area contributed by atoms with Crippen LogP contribution >= 0.6 is 0 Å². The molecule has 0 fully saturated rings. The molecular weight excluding hydrogens is 500 g/mol. The molecule has 0 aliphatic heterocycles. The summed E-state index contributed by atoms with van der Waals surface area (Å²) in [4.78, 5) is 0.248. The Labute approximate surface area is 226 Å². The van der Waals surface area contributed by atoms with Crippen molar-refractivity contribution in [1.29, 1.82) is 0 Å². The van der Waals surface area contributed by atoms with Crippen LogP contribution in [0.25, 0.3) is 0 Å². The molecule has 2 rings (SSSR count). The second-order valence-electron chi connectivity index (χ2n) is 12.1. The zero-order chi connectivity index (χ0) is 27.9. The predicted molar refractivity (Wildman–Crippen MR) is 154 cm³/mol. The topological polar surface area (TPSA) is 61.8 Å². The third-order valence-corrected chi connectivity index (χ3v) is 13.1. The minimum atomic E-state index is -3.71. The van der Waals surface area contributed by atoms with Gasteiger partial charge in [0.05, 0.1) is 30.0 Å². The lowest BCUT2D eigenvalue weighted by atomic mass is 9.94. The summed E-state index contributed by atoms with van der Waals surface area (Å²) < 4.78 is 45.6. The lowest BCUT2D eigenvalue weighted by molar-refractivity contribution is 0.0226. The fraction of sp³-hybridized carbons (Fsp3) is 0.533. The van der Waals surface area contributed by atoms with Crippen molar-refractivity contribution in [2.24, 2.45) is 5.41 Å². The molecule has 0 saturated carbocycles. The van der Waals surface area contributed by atoms with Crippen molar-refractivity contribution < 1.29 is 22.3 Å². The second-order valence-corrected chi connectivity index (χ2v) is 19.0. The molecule has 7 heteroatoms. The van der Waals surface area contributed by atoms with E-state index in [9.17, 15) is 8.42 Å². The number of benzene rings is 2. The van der Waals surface area contributed by atoms with Gasteiger partial charge < -0.3 is 13.9 Å². The smallest absolute Gasteiger partial charge is 0.250 e. The molecule has 0 spiro atoms. The van der Waals surface area contributed by atoms with Crippen LogP contribution in [0.1, 0.15) is 60.5 Å². The monoisotopic (exact) mass is 546 g/mol. The zero-order valence-electron chi connectivity index (χ0n) is 24.1. The Kier molecular flexibility index (Phi) is 10.8. The highest BCUT2D eigenvalue weighted by molar-refractivity contribution is 7.91. The average molecular weight is 547 g/mol. The van der Waals surface area contributed by atoms with Gasteiger partial charge in [-0.25, -0.2) is 8.42 Å². The largest absolute Gasteiger partial charge is 0.546 e. The normalized spacial score (nSPS) is 15.3. The van der Waals surface area contributed by atoms with Crippen molar-refractivity contribution >= 4 is 18.2 Å². The molecule has 0 N–H and O–H groups in total. The quantitative estimate of drug-likeness (QED) is 0.201. The van der Waals surface area contributed by atoms with Gasteiger partial charge in [0.15, 0.2) is 5.44 Å². The molecule has 2 atom stereocenters. The van der Waals surface area contributed by atoms with Crippen LogP contribution in [-0.4, -0.2) is 34.9 Å². The van der Waals surface area contributed by atoms with Gasteiger partial charge in [0.1, 0.15) is 0 Å². The van der Waals surface area contributed by atoms with Crippen LogP contribution in [0.3, 0.4) is 0 Å². The SMILES string of the molecule is CC(CC(OCc1ccccc1)S(=O)(=O)c1ccccc1)OC/C=C(/O[Si](C)(C)C(C)(C)C)C(C)(C)C. The fourth-order valence-corrected chi connectivity index (χ4v) is 6.22. The second kappa shape index (κ2) is 12.7. The van der Waals surface area contributed by atoms with Crippen molar-refractivity contribution in [2.45, 2.75) is 96.1 Å². The van der Waals surface area contributed by atoms with Crippen molar-refractivity contribution in [1.82, 2.24) is 0 Å². The van der Waals surface area contributed by atoms with E-state index in [4.69, 9.17) is 13.9 Å². The number of sulfone groups is 1. The summed E-state index contributed by atoms with van der Waals surface area (Å²) in [5.41, 5.74) is -0.273. The Morgan fingerprint density at radius 2 is 1.43 bits per heavy atom. The van der Waals surface area contributed by atoms with Crippen LogP contribution in [0.4, 0.5) is 0 Å². The van der Waals surface area contributed by atoms with Crippen molar-refractivity contribution in [3.8, 4) is 0 Å². The van der Waals surface area contributed by atoms with E-state index in [0.717, 1.165) is 11.3 Å². The van der Waals surface area contributed by atoms with E-state index in [1.165, 1.54) is 0 Å². The molecule has 0 radical (unpaired) electrons. The van der Waals surface area contributed by atoms with Gasteiger partial charge in [-0.2, -0.15) is 0 Å². The van der Waals surface area contributed by atoms with E-state index >= 15 is 0 Å². The molecule has 0 aromatic heterocycles. The van der Waals surface area contributed by atoms with Gasteiger partial charge in [-0.05, 0) is 48.8 Å². The Morgan fingerprint density at radius 1 is 0.892 bits per heavy atom. The lowest BCUT2D eigenvalue weighted by Gasteiger charge is -2.40. The van der Waals surface area contributed by atoms with Gasteiger partial charge >= 0.3 is 0 Å². The number of hydrogen-bond acceptors (Lipinski definition) is 5. The van der Waals surface area contributed by atoms with Gasteiger partial charge in [-0.1, -0.05) is 90.1 Å². The molecule has 2 aromatic rings. The number of rotatable bonds is 12. The molecule has 206 valence electrons. The average Bonchev–Trinajstić information content (AvgIpc) is 2.80. The summed E-state index contributed by atoms with van der Waals surface area (Å²) in [6, 6.07) is 18.1. The molecule has 2 aromatic carbocycles. The maximum absolute atomic E-state index is 13.4. The van der Waals surface area contributed by atoms with Gasteiger partial charge in [0.2, 0.25) is 18.2 Å². The molecule has 0 aliphatic rings. The van der Waals surface area contributed by atoms with Gasteiger partial charge in [0, 0.05) is 11.8 Å². The summed E-state index contributed by atoms with van der Waals surface area (Å²) in [5, 5.41) is 0.0839. The van der Waals surface area contributed by atoms with E-state index in [2.05, 4.69) is 54.6 Å². The summed E-state index contributed by atoms with van der Waals surface area (Å²) in [5.74, 6) is 0.917. The summed E-state index contributed by atoms with van der Waals surface area (Å²) in [7, 11) is -5.72. The molecule has 0 heterocycles. The third kappa shape index (κ3) is 9.39. The highest BCUT2D eigenvalue weighted by Crippen LogP contribution is 2.41. The van der Waals surface area contributed by atoms with Crippen molar-refractivity contribution in [3.05, 3.63) is 78.1 Å². The first-order valence-corrected chi connectivity index (χ1v) is 17.5. The van der Waals surface area contributed by atoms with Gasteiger partial charge in [0.25, 0.3) is 0 Å². The minimum absolute atomic E-state index is 0.0839. The summed E-state index contributed by atoms with van der Waals surface area (Å²) >= 11 is 0. The van der Waals surface area contributed by atoms with E-state index in [0.29, 0.717) is 6.61 Å². The van der Waals surface area contributed by atoms with Gasteiger partial charge in [-0.3, -0.25) is 0 Å². The first-order chi connectivity index (χ1) is 17.0. The number of ether oxygens (including phenoxy) is 2. The van der Waals surface area contributed by atoms with Crippen molar-refractivity contribution in [2.75, 3.05) is 6.61 Å². The fourth-order valence-electron chi connectivity index (χ4n) is 3.37. The van der Waals surface area contributed by atoms with Gasteiger partial charge in [-0.15, -0.1) is 0 Å². The standard InChI is InChI=1S/C30H46O5SSi/c1-24(33-21-20-27(29(2,3)4)35-37(8,9)30(5,6)7)22-28(34-23-25-16-12-10-13-17-25)36(31,32)26-18-14-11-15-19-26/h10-20,24,28H,21-23H2,1-9H3/b27-20+. The molecule has 5 nitrogen and oxygen atoms in total. The Hall–Kier alpha value is -1.93. The Morgan fingerprint density at radius 3 is 1.95 bits per heavy atom. The Balaban J connectivity index is 2.16. The van der Waals surface area contributed by atoms with E-state index in [-0.39, 0.29) is 34.5 Å². The molecule has 0 amide bonds. The van der Waals surface area contributed by atoms with Crippen LogP contribution in [0.5, 0.6) is 0 Å². The molecule has 0 aliphatic carbocycles.